The van der Waals surface area contributed by atoms with E-state index in [1.54, 1.807) is 0 Å². The van der Waals surface area contributed by atoms with Crippen molar-refractivity contribution in [3.63, 3.8) is 0 Å². The second kappa shape index (κ2) is 5.17. The van der Waals surface area contributed by atoms with Crippen LogP contribution >= 0.6 is 0 Å². The zero-order chi connectivity index (χ0) is 12.4. The average molecular weight is 244 g/mol. The molecule has 96 valence electrons. The molecule has 0 saturated carbocycles. The van der Waals surface area contributed by atoms with Crippen molar-refractivity contribution in [2.75, 3.05) is 26.2 Å². The Hall–Kier alpha value is 0.0969. The molecule has 0 radical (unpaired) electrons. The molecule has 0 aliphatic carbocycles. The van der Waals surface area contributed by atoms with Crippen LogP contribution in [0.5, 0.6) is 0 Å². The predicted octanol–water partition coefficient (Wildman–Crippen LogP) is 2.04. The van der Waals surface area contributed by atoms with Crippen molar-refractivity contribution >= 4 is 8.32 Å². The Morgan fingerprint density at radius 1 is 1.38 bits per heavy atom. The van der Waals surface area contributed by atoms with Gasteiger partial charge >= 0.3 is 0 Å². The number of likely N-dealkylation sites (tertiary alicyclic amines) is 1. The van der Waals surface area contributed by atoms with E-state index in [0.717, 1.165) is 32.7 Å². The fourth-order valence-electron chi connectivity index (χ4n) is 1.71. The first-order valence-corrected chi connectivity index (χ1v) is 9.25. The number of nitrogens with two attached hydrogens (primary N) is 1. The number of hydrogen-bond acceptors (Lipinski definition) is 3. The Morgan fingerprint density at radius 2 is 2.00 bits per heavy atom. The van der Waals surface area contributed by atoms with Crippen LogP contribution in [0.25, 0.3) is 0 Å². The highest BCUT2D eigenvalue weighted by atomic mass is 28.4. The molecule has 1 saturated heterocycles. The van der Waals surface area contributed by atoms with Crippen LogP contribution < -0.4 is 5.73 Å². The lowest BCUT2D eigenvalue weighted by molar-refractivity contribution is 0.221. The highest BCUT2D eigenvalue weighted by Crippen LogP contribution is 2.36. The van der Waals surface area contributed by atoms with Gasteiger partial charge in [0.1, 0.15) is 0 Å². The van der Waals surface area contributed by atoms with Gasteiger partial charge in [0.2, 0.25) is 0 Å². The molecule has 1 aliphatic heterocycles. The molecular weight excluding hydrogens is 216 g/mol. The van der Waals surface area contributed by atoms with Gasteiger partial charge in [0.05, 0.1) is 0 Å². The predicted molar refractivity (Wildman–Crippen MR) is 72.2 cm³/mol. The van der Waals surface area contributed by atoms with Crippen LogP contribution in [-0.2, 0) is 4.43 Å². The molecule has 0 aromatic heterocycles. The lowest BCUT2D eigenvalue weighted by Gasteiger charge is -2.36. The average Bonchev–Trinajstić information content (AvgIpc) is 2.49. The van der Waals surface area contributed by atoms with E-state index in [9.17, 15) is 0 Å². The smallest absolute Gasteiger partial charge is 0.192 e. The molecule has 16 heavy (non-hydrogen) atoms. The van der Waals surface area contributed by atoms with E-state index in [0.29, 0.717) is 11.1 Å². The fourth-order valence-corrected chi connectivity index (χ4v) is 2.75. The summed E-state index contributed by atoms with van der Waals surface area (Å²) in [5.74, 6) is 0. The molecule has 1 atom stereocenters. The fraction of sp³-hybridized carbons (Fsp3) is 1.00. The Bertz CT molecular complexity index is 226. The maximum atomic E-state index is 6.15. The summed E-state index contributed by atoms with van der Waals surface area (Å²) in [6.45, 7) is 15.6. The van der Waals surface area contributed by atoms with Gasteiger partial charge in [0.15, 0.2) is 8.32 Å². The SMILES string of the molecule is CC(C)(C)[Si](C)(C)OCCN1CC[C@@H](N)C1. The largest absolute Gasteiger partial charge is 0.416 e. The van der Waals surface area contributed by atoms with Gasteiger partial charge in [-0.25, -0.2) is 0 Å². The first-order chi connectivity index (χ1) is 7.22. The van der Waals surface area contributed by atoms with Gasteiger partial charge < -0.3 is 10.2 Å². The minimum atomic E-state index is -1.55. The molecule has 0 aromatic carbocycles. The van der Waals surface area contributed by atoms with Crippen molar-refractivity contribution in [1.29, 1.82) is 0 Å². The molecule has 4 heteroatoms. The molecule has 0 aromatic rings. The Morgan fingerprint density at radius 3 is 2.44 bits per heavy atom. The van der Waals surface area contributed by atoms with Gasteiger partial charge in [-0.3, -0.25) is 4.90 Å². The monoisotopic (exact) mass is 244 g/mol. The summed E-state index contributed by atoms with van der Waals surface area (Å²) in [6, 6.07) is 0.382. The van der Waals surface area contributed by atoms with E-state index in [1.807, 2.05) is 0 Å². The summed E-state index contributed by atoms with van der Waals surface area (Å²) in [6.07, 6.45) is 1.14. The highest BCUT2D eigenvalue weighted by Gasteiger charge is 2.37. The molecule has 3 nitrogen and oxygen atoms in total. The Kier molecular flexibility index (Phi) is 4.57. The molecule has 1 rings (SSSR count). The number of rotatable bonds is 4. The van der Waals surface area contributed by atoms with Gasteiger partial charge in [-0.05, 0) is 31.1 Å². The second-order valence-corrected chi connectivity index (χ2v) is 11.3. The van der Waals surface area contributed by atoms with Crippen molar-refractivity contribution in [3.8, 4) is 0 Å². The summed E-state index contributed by atoms with van der Waals surface area (Å²) in [7, 11) is -1.55. The maximum Gasteiger partial charge on any atom is 0.192 e. The van der Waals surface area contributed by atoms with Crippen LogP contribution in [-0.4, -0.2) is 45.5 Å². The van der Waals surface area contributed by atoms with Crippen LogP contribution in [0, 0.1) is 0 Å². The van der Waals surface area contributed by atoms with E-state index >= 15 is 0 Å². The van der Waals surface area contributed by atoms with E-state index < -0.39 is 8.32 Å². The molecule has 0 spiro atoms. The van der Waals surface area contributed by atoms with Crippen molar-refractivity contribution in [1.82, 2.24) is 4.90 Å². The number of nitrogens with zero attached hydrogens (tertiary/aromatic N) is 1. The van der Waals surface area contributed by atoms with E-state index in [2.05, 4.69) is 38.8 Å². The van der Waals surface area contributed by atoms with Crippen LogP contribution in [0.3, 0.4) is 0 Å². The van der Waals surface area contributed by atoms with Crippen LogP contribution in [0.4, 0.5) is 0 Å². The van der Waals surface area contributed by atoms with E-state index in [-0.39, 0.29) is 0 Å². The van der Waals surface area contributed by atoms with Gasteiger partial charge in [-0.2, -0.15) is 0 Å². The zero-order valence-electron chi connectivity index (χ0n) is 11.5. The lowest BCUT2D eigenvalue weighted by Crippen LogP contribution is -2.42. The molecule has 0 bridgehead atoms. The van der Waals surface area contributed by atoms with Crippen molar-refractivity contribution in [2.24, 2.45) is 5.73 Å². The summed E-state index contributed by atoms with van der Waals surface area (Å²) in [5.41, 5.74) is 5.88. The van der Waals surface area contributed by atoms with Gasteiger partial charge in [0.25, 0.3) is 0 Å². The minimum Gasteiger partial charge on any atom is -0.416 e. The van der Waals surface area contributed by atoms with Crippen LogP contribution in [0.15, 0.2) is 0 Å². The second-order valence-electron chi connectivity index (χ2n) is 6.46. The Balaban J connectivity index is 2.25. The minimum absolute atomic E-state index is 0.314. The molecular formula is C12H28N2OSi. The highest BCUT2D eigenvalue weighted by molar-refractivity contribution is 6.74. The molecule has 2 N–H and O–H groups in total. The summed E-state index contributed by atoms with van der Waals surface area (Å²) >= 11 is 0. The number of hydrogen-bond donors (Lipinski definition) is 1. The summed E-state index contributed by atoms with van der Waals surface area (Å²) in [5, 5.41) is 0.314. The van der Waals surface area contributed by atoms with Crippen molar-refractivity contribution in [3.05, 3.63) is 0 Å². The van der Waals surface area contributed by atoms with E-state index in [4.69, 9.17) is 10.2 Å². The zero-order valence-corrected chi connectivity index (χ0v) is 12.5. The van der Waals surface area contributed by atoms with Gasteiger partial charge in [-0.1, -0.05) is 20.8 Å². The maximum absolute atomic E-state index is 6.15. The molecule has 0 unspecified atom stereocenters. The molecule has 0 amide bonds. The normalized spacial score (nSPS) is 24.0. The van der Waals surface area contributed by atoms with Crippen molar-refractivity contribution in [2.45, 2.75) is 51.4 Å². The molecule has 1 fully saturated rings. The van der Waals surface area contributed by atoms with Crippen LogP contribution in [0.1, 0.15) is 27.2 Å². The molecule has 1 heterocycles. The van der Waals surface area contributed by atoms with Crippen molar-refractivity contribution < 1.29 is 4.43 Å². The van der Waals surface area contributed by atoms with Crippen LogP contribution in [0.2, 0.25) is 18.1 Å². The standard InChI is InChI=1S/C12H28N2OSi/c1-12(2,3)16(4,5)15-9-8-14-7-6-11(13)10-14/h11H,6-10,13H2,1-5H3/t11-/m1/s1. The van der Waals surface area contributed by atoms with Gasteiger partial charge in [-0.15, -0.1) is 0 Å². The summed E-state index contributed by atoms with van der Waals surface area (Å²) < 4.78 is 6.15. The first kappa shape index (κ1) is 14.2. The van der Waals surface area contributed by atoms with E-state index in [1.165, 1.54) is 0 Å². The quantitative estimate of drug-likeness (QED) is 0.769. The van der Waals surface area contributed by atoms with Gasteiger partial charge in [0, 0.05) is 25.7 Å². The molecule has 1 aliphatic rings. The third-order valence-electron chi connectivity index (χ3n) is 3.99. The summed E-state index contributed by atoms with van der Waals surface area (Å²) in [4.78, 5) is 2.41. The lowest BCUT2D eigenvalue weighted by atomic mass is 10.2. The third kappa shape index (κ3) is 3.84. The first-order valence-electron chi connectivity index (χ1n) is 6.34. The Labute approximate surface area is 101 Å². The topological polar surface area (TPSA) is 38.5 Å². The third-order valence-corrected chi connectivity index (χ3v) is 8.52.